The van der Waals surface area contributed by atoms with Gasteiger partial charge in [-0.15, -0.1) is 0 Å². The zero-order valence-electron chi connectivity index (χ0n) is 21.5. The van der Waals surface area contributed by atoms with E-state index >= 15 is 0 Å². The molecule has 0 unspecified atom stereocenters. The number of carbonyl (C=O) groups excluding carboxylic acids is 1. The molecule has 2 aliphatic rings. The summed E-state index contributed by atoms with van der Waals surface area (Å²) in [6.07, 6.45) is 2.03. The van der Waals surface area contributed by atoms with Gasteiger partial charge in [-0.1, -0.05) is 13.3 Å². The Kier molecular flexibility index (Phi) is 6.58. The molecule has 3 aromatic rings. The fourth-order valence-electron chi connectivity index (χ4n) is 5.64. The molecular weight excluding hydrogens is 495 g/mol. The number of halogens is 3. The number of aromatic nitrogens is 3. The van der Waals surface area contributed by atoms with Gasteiger partial charge in [0.2, 0.25) is 0 Å². The van der Waals surface area contributed by atoms with Gasteiger partial charge in [-0.05, 0) is 56.2 Å². The molecule has 7 nitrogen and oxygen atoms in total. The number of pyridine rings is 2. The number of hydrogen-bond acceptors (Lipinski definition) is 6. The van der Waals surface area contributed by atoms with Gasteiger partial charge in [0, 0.05) is 36.8 Å². The highest BCUT2D eigenvalue weighted by Gasteiger charge is 2.63. The van der Waals surface area contributed by atoms with Gasteiger partial charge in [-0.25, -0.2) is 9.50 Å². The SMILES string of the molecule is CCOc1cc(-c2ccc(N3CCC(C)(CC(=O)C4(C(F)(F)F)CCC4)CC3)nc2)c2c(C#N)cnn2c1. The number of fused-ring (bicyclic) bond motifs is 1. The minimum absolute atomic E-state index is 0.0362. The molecule has 10 heteroatoms. The molecule has 0 amide bonds. The standard InChI is InChI=1S/C28H30F3N5O2/c1-3-38-21-13-22(25-20(15-32)17-34-36(25)18-21)19-5-6-24(33-16-19)35-11-9-26(2,10-12-35)14-23(37)27(7-4-8-27)28(29,30)31/h5-6,13,16-18H,3-4,7-12,14H2,1-2H3. The number of hydrogen-bond donors (Lipinski definition) is 0. The van der Waals surface area contributed by atoms with E-state index in [0.29, 0.717) is 55.8 Å². The third-order valence-electron chi connectivity index (χ3n) is 8.24. The number of ether oxygens (including phenoxy) is 1. The second-order valence-electron chi connectivity index (χ2n) is 10.7. The molecule has 5 rings (SSSR count). The summed E-state index contributed by atoms with van der Waals surface area (Å²) in [6.45, 7) is 5.54. The lowest BCUT2D eigenvalue weighted by Gasteiger charge is -2.45. The van der Waals surface area contributed by atoms with E-state index in [-0.39, 0.29) is 19.3 Å². The minimum Gasteiger partial charge on any atom is -0.492 e. The van der Waals surface area contributed by atoms with E-state index in [1.165, 1.54) is 6.20 Å². The number of carbonyl (C=O) groups is 1. The molecule has 4 heterocycles. The van der Waals surface area contributed by atoms with E-state index < -0.39 is 22.8 Å². The first kappa shape index (κ1) is 26.0. The first-order valence-electron chi connectivity index (χ1n) is 12.9. The summed E-state index contributed by atoms with van der Waals surface area (Å²) in [7, 11) is 0. The van der Waals surface area contributed by atoms with Crippen molar-refractivity contribution in [3.8, 4) is 22.9 Å². The molecule has 0 bridgehead atoms. The lowest BCUT2D eigenvalue weighted by Crippen LogP contribution is -2.52. The fourth-order valence-corrected chi connectivity index (χ4v) is 5.64. The van der Waals surface area contributed by atoms with Crippen molar-refractivity contribution < 1.29 is 22.7 Å². The number of rotatable bonds is 7. The summed E-state index contributed by atoms with van der Waals surface area (Å²) >= 11 is 0. The lowest BCUT2D eigenvalue weighted by atomic mass is 9.61. The topological polar surface area (TPSA) is 83.5 Å². The van der Waals surface area contributed by atoms with Crippen molar-refractivity contribution in [3.05, 3.63) is 42.4 Å². The highest BCUT2D eigenvalue weighted by atomic mass is 19.4. The second kappa shape index (κ2) is 9.61. The van der Waals surface area contributed by atoms with Crippen LogP contribution in [-0.4, -0.2) is 46.3 Å². The highest BCUT2D eigenvalue weighted by Crippen LogP contribution is 2.55. The lowest BCUT2D eigenvalue weighted by molar-refractivity contribution is -0.243. The molecule has 0 N–H and O–H groups in total. The molecule has 2 fully saturated rings. The Morgan fingerprint density at radius 3 is 2.47 bits per heavy atom. The summed E-state index contributed by atoms with van der Waals surface area (Å²) in [4.78, 5) is 19.6. The number of ketones is 1. The molecule has 0 aromatic carbocycles. The van der Waals surface area contributed by atoms with Crippen LogP contribution < -0.4 is 9.64 Å². The molecule has 1 aliphatic heterocycles. The van der Waals surface area contributed by atoms with Crippen molar-refractivity contribution in [2.45, 2.75) is 58.5 Å². The van der Waals surface area contributed by atoms with Crippen LogP contribution in [0.5, 0.6) is 5.75 Å². The van der Waals surface area contributed by atoms with Crippen molar-refractivity contribution in [3.63, 3.8) is 0 Å². The zero-order valence-corrected chi connectivity index (χ0v) is 21.5. The Labute approximate surface area is 219 Å². The van der Waals surface area contributed by atoms with E-state index in [4.69, 9.17) is 4.74 Å². The highest BCUT2D eigenvalue weighted by molar-refractivity contribution is 5.87. The number of alkyl halides is 3. The second-order valence-corrected chi connectivity index (χ2v) is 10.7. The maximum atomic E-state index is 13.6. The molecule has 0 spiro atoms. The van der Waals surface area contributed by atoms with Gasteiger partial charge < -0.3 is 9.64 Å². The normalized spacial score (nSPS) is 18.6. The Balaban J connectivity index is 1.30. The molecule has 1 saturated heterocycles. The molecule has 1 saturated carbocycles. The summed E-state index contributed by atoms with van der Waals surface area (Å²) in [6, 6.07) is 7.89. The molecule has 3 aromatic heterocycles. The largest absolute Gasteiger partial charge is 0.492 e. The van der Waals surface area contributed by atoms with Crippen LogP contribution in [0.3, 0.4) is 0 Å². The van der Waals surface area contributed by atoms with Crippen LogP contribution in [0.15, 0.2) is 36.8 Å². The van der Waals surface area contributed by atoms with Crippen LogP contribution in [0.2, 0.25) is 0 Å². The van der Waals surface area contributed by atoms with Crippen LogP contribution in [0, 0.1) is 22.2 Å². The van der Waals surface area contributed by atoms with Gasteiger partial charge >= 0.3 is 6.18 Å². The number of anilines is 1. The molecule has 0 atom stereocenters. The van der Waals surface area contributed by atoms with Crippen molar-refractivity contribution in [2.75, 3.05) is 24.6 Å². The van der Waals surface area contributed by atoms with E-state index in [2.05, 4.69) is 21.1 Å². The fraction of sp³-hybridized carbons (Fsp3) is 0.500. The smallest absolute Gasteiger partial charge is 0.401 e. The maximum Gasteiger partial charge on any atom is 0.401 e. The van der Waals surface area contributed by atoms with Gasteiger partial charge in [0.15, 0.2) is 0 Å². The van der Waals surface area contributed by atoms with Crippen LogP contribution >= 0.6 is 0 Å². The molecular formula is C28H30F3N5O2. The summed E-state index contributed by atoms with van der Waals surface area (Å²) in [5.41, 5.74) is 0.128. The van der Waals surface area contributed by atoms with Crippen LogP contribution in [0.1, 0.15) is 57.9 Å². The van der Waals surface area contributed by atoms with Gasteiger partial charge in [0.1, 0.15) is 28.8 Å². The molecule has 38 heavy (non-hydrogen) atoms. The maximum absolute atomic E-state index is 13.6. The predicted octanol–water partition coefficient (Wildman–Crippen LogP) is 5.96. The van der Waals surface area contributed by atoms with Crippen LogP contribution in [-0.2, 0) is 4.79 Å². The number of nitrogens with zero attached hydrogens (tertiary/aromatic N) is 5. The molecule has 1 aliphatic carbocycles. The van der Waals surface area contributed by atoms with Crippen molar-refractivity contribution in [1.29, 1.82) is 5.26 Å². The van der Waals surface area contributed by atoms with Gasteiger partial charge in [-0.3, -0.25) is 4.79 Å². The van der Waals surface area contributed by atoms with Gasteiger partial charge in [0.25, 0.3) is 0 Å². The van der Waals surface area contributed by atoms with Crippen LogP contribution in [0.25, 0.3) is 16.6 Å². The Morgan fingerprint density at radius 2 is 1.92 bits per heavy atom. The summed E-state index contributed by atoms with van der Waals surface area (Å²) in [5.74, 6) is 0.747. The Morgan fingerprint density at radius 1 is 1.18 bits per heavy atom. The van der Waals surface area contributed by atoms with E-state index in [0.717, 1.165) is 16.9 Å². The first-order chi connectivity index (χ1) is 18.1. The number of Topliss-reactive ketones (excluding diaryl/α,β-unsaturated/α-hetero) is 1. The molecule has 0 radical (unpaired) electrons. The van der Waals surface area contributed by atoms with E-state index in [1.54, 1.807) is 16.9 Å². The molecule has 200 valence electrons. The third-order valence-corrected chi connectivity index (χ3v) is 8.24. The van der Waals surface area contributed by atoms with Crippen molar-refractivity contribution in [1.82, 2.24) is 14.6 Å². The van der Waals surface area contributed by atoms with Crippen molar-refractivity contribution in [2.24, 2.45) is 10.8 Å². The number of piperidine rings is 1. The predicted molar refractivity (Wildman–Crippen MR) is 136 cm³/mol. The van der Waals surface area contributed by atoms with Gasteiger partial charge in [0.05, 0.1) is 30.1 Å². The summed E-state index contributed by atoms with van der Waals surface area (Å²) < 4.78 is 48.2. The van der Waals surface area contributed by atoms with Crippen molar-refractivity contribution >= 4 is 17.1 Å². The monoisotopic (exact) mass is 525 g/mol. The first-order valence-corrected chi connectivity index (χ1v) is 12.9. The average Bonchev–Trinajstić information content (AvgIpc) is 3.25. The quantitative estimate of drug-likeness (QED) is 0.378. The Bertz CT molecular complexity index is 1380. The summed E-state index contributed by atoms with van der Waals surface area (Å²) in [5, 5.41) is 13.8. The minimum atomic E-state index is -4.47. The Hall–Kier alpha value is -3.61. The van der Waals surface area contributed by atoms with Gasteiger partial charge in [-0.2, -0.15) is 23.5 Å². The van der Waals surface area contributed by atoms with E-state index in [9.17, 15) is 23.2 Å². The third kappa shape index (κ3) is 4.48. The van der Waals surface area contributed by atoms with E-state index in [1.807, 2.05) is 32.0 Å². The zero-order chi connectivity index (χ0) is 27.1. The van der Waals surface area contributed by atoms with Crippen LogP contribution in [0.4, 0.5) is 19.0 Å². The number of nitriles is 1. The average molecular weight is 526 g/mol.